The van der Waals surface area contributed by atoms with Crippen LogP contribution in [0.25, 0.3) is 0 Å². The van der Waals surface area contributed by atoms with Crippen molar-refractivity contribution in [1.82, 2.24) is 0 Å². The number of carboxylic acids is 1. The van der Waals surface area contributed by atoms with Gasteiger partial charge in [-0.05, 0) is 37.6 Å². The summed E-state index contributed by atoms with van der Waals surface area (Å²) in [5, 5.41) is 15.1. The van der Waals surface area contributed by atoms with Gasteiger partial charge in [-0.25, -0.2) is 4.79 Å². The summed E-state index contributed by atoms with van der Waals surface area (Å²) in [5.74, 6) is -2.34. The zero-order chi connectivity index (χ0) is 16.7. The summed E-state index contributed by atoms with van der Waals surface area (Å²) < 4.78 is 10.6. The number of nitrogens with zero attached hydrogens (tertiary/aromatic N) is 1. The highest BCUT2D eigenvalue weighted by molar-refractivity contribution is 7.12. The largest absolute Gasteiger partial charge is 0.477 e. The number of unbranched alkanes of at least 4 members (excludes halogenated alkanes) is 1. The molecule has 1 N–H and O–H groups in total. The fourth-order valence-electron chi connectivity index (χ4n) is 2.21. The molecule has 0 saturated carbocycles. The number of aliphatic carboxylic acids is 1. The van der Waals surface area contributed by atoms with Crippen molar-refractivity contribution < 1.29 is 24.2 Å². The molecule has 0 spiro atoms. The van der Waals surface area contributed by atoms with Gasteiger partial charge in [0.2, 0.25) is 0 Å². The zero-order valence-electron chi connectivity index (χ0n) is 13.5. The first kappa shape index (κ1) is 17.9. The number of oxime groups is 1. The third-order valence-corrected chi connectivity index (χ3v) is 4.73. The van der Waals surface area contributed by atoms with Gasteiger partial charge in [-0.2, -0.15) is 0 Å². The third-order valence-electron chi connectivity index (χ3n) is 3.75. The number of ether oxygens (including phenoxy) is 2. The molecule has 7 heteroatoms. The average molecular weight is 341 g/mol. The molecule has 128 valence electrons. The first-order valence-corrected chi connectivity index (χ1v) is 8.61. The van der Waals surface area contributed by atoms with Crippen LogP contribution in [0.1, 0.15) is 38.0 Å². The lowest BCUT2D eigenvalue weighted by Crippen LogP contribution is -2.47. The van der Waals surface area contributed by atoms with Crippen molar-refractivity contribution in [2.75, 3.05) is 19.8 Å². The molecular weight excluding hydrogens is 318 g/mol. The minimum Gasteiger partial charge on any atom is -0.477 e. The van der Waals surface area contributed by atoms with Crippen LogP contribution in [0.4, 0.5) is 0 Å². The third kappa shape index (κ3) is 5.30. The van der Waals surface area contributed by atoms with Gasteiger partial charge >= 0.3 is 5.97 Å². The van der Waals surface area contributed by atoms with E-state index in [1.807, 2.05) is 24.4 Å². The Morgan fingerprint density at radius 1 is 1.48 bits per heavy atom. The Kier molecular flexibility index (Phi) is 6.56. The van der Waals surface area contributed by atoms with Crippen molar-refractivity contribution in [2.24, 2.45) is 11.1 Å². The molecule has 0 atom stereocenters. The normalized spacial score (nSPS) is 25.3. The molecule has 23 heavy (non-hydrogen) atoms. The number of hydrogen-bond acceptors (Lipinski definition) is 6. The quantitative estimate of drug-likeness (QED) is 0.446. The molecule has 0 unspecified atom stereocenters. The van der Waals surface area contributed by atoms with E-state index in [1.54, 1.807) is 11.3 Å². The van der Waals surface area contributed by atoms with Crippen LogP contribution in [0.2, 0.25) is 0 Å². The summed E-state index contributed by atoms with van der Waals surface area (Å²) in [4.78, 5) is 17.4. The van der Waals surface area contributed by atoms with E-state index in [-0.39, 0.29) is 5.92 Å². The maximum absolute atomic E-state index is 11.0. The topological polar surface area (TPSA) is 77.4 Å². The summed E-state index contributed by atoms with van der Waals surface area (Å²) in [7, 11) is 0. The van der Waals surface area contributed by atoms with Gasteiger partial charge in [0.25, 0.3) is 5.79 Å². The lowest BCUT2D eigenvalue weighted by Gasteiger charge is -2.34. The number of carbonyl (C=O) groups is 1. The van der Waals surface area contributed by atoms with Crippen LogP contribution in [-0.4, -0.2) is 42.4 Å². The molecule has 1 aliphatic rings. The fourth-order valence-corrected chi connectivity index (χ4v) is 2.87. The Hall–Kier alpha value is -1.44. The van der Waals surface area contributed by atoms with Crippen LogP contribution < -0.4 is 0 Å². The van der Waals surface area contributed by atoms with Gasteiger partial charge in [-0.15, -0.1) is 11.3 Å². The van der Waals surface area contributed by atoms with Crippen molar-refractivity contribution in [2.45, 2.75) is 38.9 Å². The van der Waals surface area contributed by atoms with E-state index in [0.29, 0.717) is 19.8 Å². The van der Waals surface area contributed by atoms with Gasteiger partial charge in [-0.3, -0.25) is 0 Å². The molecule has 1 fully saturated rings. The Labute approximate surface area is 140 Å². The lowest BCUT2D eigenvalue weighted by atomic mass is 10.0. The van der Waals surface area contributed by atoms with E-state index in [0.717, 1.165) is 29.9 Å². The van der Waals surface area contributed by atoms with Gasteiger partial charge in [0, 0.05) is 12.8 Å². The number of hydrogen-bond donors (Lipinski definition) is 1. The summed E-state index contributed by atoms with van der Waals surface area (Å²) in [6, 6.07) is 4.00. The molecule has 1 aromatic heterocycles. The van der Waals surface area contributed by atoms with E-state index in [9.17, 15) is 4.79 Å². The average Bonchev–Trinajstić information content (AvgIpc) is 3.06. The molecule has 1 saturated heterocycles. The highest BCUT2D eigenvalue weighted by Gasteiger charge is 2.40. The van der Waals surface area contributed by atoms with Gasteiger partial charge in [0.1, 0.15) is 6.61 Å². The van der Waals surface area contributed by atoms with E-state index in [4.69, 9.17) is 19.4 Å². The van der Waals surface area contributed by atoms with Crippen LogP contribution >= 0.6 is 11.3 Å². The summed E-state index contributed by atoms with van der Waals surface area (Å²) in [6.45, 7) is 4.78. The Bertz CT molecular complexity index is 521. The summed E-state index contributed by atoms with van der Waals surface area (Å²) >= 11 is 1.64. The molecule has 1 aromatic rings. The second-order valence-corrected chi connectivity index (χ2v) is 6.67. The highest BCUT2D eigenvalue weighted by atomic mass is 32.1. The molecule has 6 nitrogen and oxygen atoms in total. The smallest absolute Gasteiger partial charge is 0.364 e. The molecule has 0 amide bonds. The van der Waals surface area contributed by atoms with Crippen molar-refractivity contribution in [3.05, 3.63) is 22.4 Å². The fraction of sp³-hybridized carbons (Fsp3) is 0.625. The molecule has 2 heterocycles. The molecular formula is C16H23NO5S. The van der Waals surface area contributed by atoms with Crippen molar-refractivity contribution >= 4 is 23.0 Å². The number of thiophene rings is 1. The standard InChI is InChI=1S/C16H23NO5S/c1-12(14-7-5-9-23-14)17-22-8-4-3-6-13-10-20-16(2,15(18)19)21-11-13/h5,7,9,13H,3-4,6,8,10-11H2,1-2H3,(H,18,19). The first-order chi connectivity index (χ1) is 11.0. The minimum atomic E-state index is -1.49. The minimum absolute atomic E-state index is 0.235. The molecule has 2 rings (SSSR count). The monoisotopic (exact) mass is 341 g/mol. The van der Waals surface area contributed by atoms with Crippen LogP contribution in [0, 0.1) is 5.92 Å². The number of rotatable bonds is 8. The van der Waals surface area contributed by atoms with Crippen LogP contribution in [-0.2, 0) is 19.1 Å². The van der Waals surface area contributed by atoms with E-state index in [2.05, 4.69) is 5.16 Å². The van der Waals surface area contributed by atoms with Gasteiger partial charge in [-0.1, -0.05) is 11.2 Å². The summed E-state index contributed by atoms with van der Waals surface area (Å²) in [6.07, 6.45) is 2.79. The Balaban J connectivity index is 1.57. The van der Waals surface area contributed by atoms with Gasteiger partial charge in [0.05, 0.1) is 23.8 Å². The number of carboxylic acid groups (broad SMARTS) is 1. The predicted octanol–water partition coefficient (Wildman–Crippen LogP) is 3.12. The highest BCUT2D eigenvalue weighted by Crippen LogP contribution is 2.24. The molecule has 0 bridgehead atoms. The van der Waals surface area contributed by atoms with Gasteiger partial charge in [0.15, 0.2) is 0 Å². The lowest BCUT2D eigenvalue weighted by molar-refractivity contribution is -0.271. The molecule has 0 radical (unpaired) electrons. The Morgan fingerprint density at radius 2 is 2.22 bits per heavy atom. The van der Waals surface area contributed by atoms with E-state index >= 15 is 0 Å². The van der Waals surface area contributed by atoms with Crippen LogP contribution in [0.15, 0.2) is 22.7 Å². The van der Waals surface area contributed by atoms with Crippen molar-refractivity contribution in [1.29, 1.82) is 0 Å². The second-order valence-electron chi connectivity index (χ2n) is 5.72. The second kappa shape index (κ2) is 8.42. The van der Waals surface area contributed by atoms with Crippen molar-refractivity contribution in [3.8, 4) is 0 Å². The Morgan fingerprint density at radius 3 is 2.83 bits per heavy atom. The SMILES string of the molecule is CC(=NOCCCCC1COC(C)(C(=O)O)OC1)c1cccs1. The molecule has 0 aliphatic carbocycles. The maximum atomic E-state index is 11.0. The van der Waals surface area contributed by atoms with Crippen LogP contribution in [0.5, 0.6) is 0 Å². The maximum Gasteiger partial charge on any atom is 0.364 e. The van der Waals surface area contributed by atoms with Crippen molar-refractivity contribution in [3.63, 3.8) is 0 Å². The summed E-state index contributed by atoms with van der Waals surface area (Å²) in [5.41, 5.74) is 0.891. The predicted molar refractivity (Wildman–Crippen MR) is 87.8 cm³/mol. The van der Waals surface area contributed by atoms with Crippen LogP contribution in [0.3, 0.4) is 0 Å². The van der Waals surface area contributed by atoms with E-state index < -0.39 is 11.8 Å². The molecule has 0 aromatic carbocycles. The molecule has 1 aliphatic heterocycles. The van der Waals surface area contributed by atoms with E-state index in [1.165, 1.54) is 6.92 Å². The van der Waals surface area contributed by atoms with Gasteiger partial charge < -0.3 is 19.4 Å². The zero-order valence-corrected chi connectivity index (χ0v) is 14.3. The first-order valence-electron chi connectivity index (χ1n) is 7.73.